The Balaban J connectivity index is 0.00000162. The molecule has 1 heterocycles. The molecule has 0 unspecified atom stereocenters. The van der Waals surface area contributed by atoms with Crippen LogP contribution >= 0.6 is 23.7 Å². The normalized spacial score (nSPS) is 12.0. The van der Waals surface area contributed by atoms with Gasteiger partial charge in [0.1, 0.15) is 5.75 Å². The van der Waals surface area contributed by atoms with Crippen LogP contribution in [0.25, 0.3) is 0 Å². The van der Waals surface area contributed by atoms with E-state index in [4.69, 9.17) is 5.73 Å². The first-order valence-electron chi connectivity index (χ1n) is 5.00. The maximum absolute atomic E-state index is 12.1. The van der Waals surface area contributed by atoms with Gasteiger partial charge in [0.2, 0.25) is 0 Å². The average molecular weight is 292 g/mol. The third-order valence-electron chi connectivity index (χ3n) is 2.29. The minimum atomic E-state index is -2.82. The fourth-order valence-corrected chi connectivity index (χ4v) is 2.27. The van der Waals surface area contributed by atoms with Crippen molar-refractivity contribution >= 4 is 23.7 Å². The summed E-state index contributed by atoms with van der Waals surface area (Å²) >= 11 is 1.53. The number of hydrogen-bond donors (Lipinski definition) is 1. The number of thiophene rings is 1. The average Bonchev–Trinajstić information content (AvgIpc) is 2.81. The maximum atomic E-state index is 12.1. The molecule has 0 fully saturated rings. The Morgan fingerprint density at radius 2 is 1.94 bits per heavy atom. The molecule has 0 aliphatic carbocycles. The summed E-state index contributed by atoms with van der Waals surface area (Å²) in [5, 5.41) is 1.93. The zero-order valence-corrected chi connectivity index (χ0v) is 10.9. The van der Waals surface area contributed by atoms with Gasteiger partial charge in [-0.1, -0.05) is 18.2 Å². The zero-order chi connectivity index (χ0) is 12.3. The summed E-state index contributed by atoms with van der Waals surface area (Å²) in [7, 11) is 0. The van der Waals surface area contributed by atoms with Crippen LogP contribution in [0, 0.1) is 0 Å². The lowest BCUT2D eigenvalue weighted by atomic mass is 10.1. The molecule has 0 spiro atoms. The van der Waals surface area contributed by atoms with Gasteiger partial charge < -0.3 is 10.5 Å². The largest absolute Gasteiger partial charge is 0.435 e. The van der Waals surface area contributed by atoms with Gasteiger partial charge in [0.15, 0.2) is 0 Å². The molecule has 2 rings (SSSR count). The van der Waals surface area contributed by atoms with Crippen LogP contribution in [0.15, 0.2) is 41.8 Å². The first kappa shape index (κ1) is 14.9. The molecule has 2 N–H and O–H groups in total. The van der Waals surface area contributed by atoms with Crippen LogP contribution in [0.1, 0.15) is 16.5 Å². The van der Waals surface area contributed by atoms with E-state index >= 15 is 0 Å². The minimum absolute atomic E-state index is 0. The van der Waals surface area contributed by atoms with Crippen molar-refractivity contribution in [2.75, 3.05) is 0 Å². The summed E-state index contributed by atoms with van der Waals surface area (Å²) in [6, 6.07) is 9.97. The highest BCUT2D eigenvalue weighted by atomic mass is 35.5. The van der Waals surface area contributed by atoms with Gasteiger partial charge in [0, 0.05) is 4.88 Å². The Hall–Kier alpha value is -1.17. The molecule has 1 atom stereocenters. The van der Waals surface area contributed by atoms with Gasteiger partial charge in [-0.25, -0.2) is 0 Å². The lowest BCUT2D eigenvalue weighted by Gasteiger charge is -2.12. The Morgan fingerprint density at radius 1 is 1.17 bits per heavy atom. The van der Waals surface area contributed by atoms with E-state index in [1.54, 1.807) is 12.1 Å². The Morgan fingerprint density at radius 3 is 2.56 bits per heavy atom. The predicted molar refractivity (Wildman–Crippen MR) is 70.7 cm³/mol. The summed E-state index contributed by atoms with van der Waals surface area (Å²) in [5.41, 5.74) is 6.78. The lowest BCUT2D eigenvalue weighted by molar-refractivity contribution is -0.0498. The Kier molecular flexibility index (Phi) is 5.53. The van der Waals surface area contributed by atoms with Crippen molar-refractivity contribution in [3.05, 3.63) is 52.2 Å². The summed E-state index contributed by atoms with van der Waals surface area (Å²) in [6.45, 7) is -2.82. The van der Waals surface area contributed by atoms with E-state index in [9.17, 15) is 8.78 Å². The highest BCUT2D eigenvalue weighted by molar-refractivity contribution is 7.10. The van der Waals surface area contributed by atoms with E-state index in [1.807, 2.05) is 17.5 Å². The Bertz CT molecular complexity index is 479. The fraction of sp³-hybridized carbons (Fsp3) is 0.167. The molecule has 1 aromatic heterocycles. The Labute approximate surface area is 114 Å². The van der Waals surface area contributed by atoms with Crippen LogP contribution in [-0.2, 0) is 0 Å². The van der Waals surface area contributed by atoms with Gasteiger partial charge in [0.25, 0.3) is 0 Å². The van der Waals surface area contributed by atoms with Crippen molar-refractivity contribution in [1.82, 2.24) is 0 Å². The number of halogens is 3. The highest BCUT2D eigenvalue weighted by Gasteiger charge is 2.11. The topological polar surface area (TPSA) is 35.2 Å². The van der Waals surface area contributed by atoms with Gasteiger partial charge in [-0.2, -0.15) is 8.78 Å². The second kappa shape index (κ2) is 6.68. The minimum Gasteiger partial charge on any atom is -0.435 e. The molecule has 0 radical (unpaired) electrons. The standard InChI is InChI=1S/C12H11F2NOS.ClH/c13-12(14)16-9-4-1-3-8(7-9)11(15)10-5-2-6-17-10;/h1-7,11-12H,15H2;1H/t11-;/m0./s1. The first-order valence-corrected chi connectivity index (χ1v) is 5.88. The number of ether oxygens (including phenoxy) is 1. The van der Waals surface area contributed by atoms with Gasteiger partial charge in [0.05, 0.1) is 6.04 Å². The summed E-state index contributed by atoms with van der Waals surface area (Å²) in [6.07, 6.45) is 0. The first-order chi connectivity index (χ1) is 8.16. The summed E-state index contributed by atoms with van der Waals surface area (Å²) in [5.74, 6) is 0.129. The van der Waals surface area contributed by atoms with Crippen molar-refractivity contribution in [2.45, 2.75) is 12.7 Å². The molecule has 0 amide bonds. The smallest absolute Gasteiger partial charge is 0.387 e. The second-order valence-corrected chi connectivity index (χ2v) is 4.42. The zero-order valence-electron chi connectivity index (χ0n) is 9.25. The second-order valence-electron chi connectivity index (χ2n) is 3.44. The molecule has 0 aliphatic rings. The quantitative estimate of drug-likeness (QED) is 0.929. The van der Waals surface area contributed by atoms with E-state index in [0.717, 1.165) is 10.4 Å². The molecule has 18 heavy (non-hydrogen) atoms. The highest BCUT2D eigenvalue weighted by Crippen LogP contribution is 2.26. The molecule has 1 aromatic carbocycles. The number of benzene rings is 1. The number of hydrogen-bond acceptors (Lipinski definition) is 3. The van der Waals surface area contributed by atoms with E-state index in [-0.39, 0.29) is 24.2 Å². The third kappa shape index (κ3) is 3.66. The fourth-order valence-electron chi connectivity index (χ4n) is 1.52. The maximum Gasteiger partial charge on any atom is 0.387 e. The van der Waals surface area contributed by atoms with Crippen LogP contribution in [0.3, 0.4) is 0 Å². The number of alkyl halides is 2. The van der Waals surface area contributed by atoms with Crippen LogP contribution < -0.4 is 10.5 Å². The van der Waals surface area contributed by atoms with Crippen molar-refractivity contribution in [3.8, 4) is 5.75 Å². The number of nitrogens with two attached hydrogens (primary N) is 1. The van der Waals surface area contributed by atoms with Crippen molar-refractivity contribution in [3.63, 3.8) is 0 Å². The van der Waals surface area contributed by atoms with Crippen molar-refractivity contribution in [2.24, 2.45) is 5.73 Å². The molecule has 98 valence electrons. The SMILES string of the molecule is Cl.N[C@@H](c1cccc(OC(F)F)c1)c1cccs1. The van der Waals surface area contributed by atoms with Gasteiger partial charge in [-0.05, 0) is 29.1 Å². The van der Waals surface area contributed by atoms with Crippen LogP contribution in [0.4, 0.5) is 8.78 Å². The molecule has 0 saturated carbocycles. The van der Waals surface area contributed by atoms with Crippen molar-refractivity contribution in [1.29, 1.82) is 0 Å². The van der Waals surface area contributed by atoms with E-state index in [0.29, 0.717) is 0 Å². The van der Waals surface area contributed by atoms with Crippen LogP contribution in [-0.4, -0.2) is 6.61 Å². The molecule has 0 aliphatic heterocycles. The number of rotatable bonds is 4. The molecular formula is C12H12ClF2NOS. The van der Waals surface area contributed by atoms with Crippen LogP contribution in [0.5, 0.6) is 5.75 Å². The van der Waals surface area contributed by atoms with E-state index in [2.05, 4.69) is 4.74 Å². The van der Waals surface area contributed by atoms with Gasteiger partial charge in [-0.15, -0.1) is 23.7 Å². The van der Waals surface area contributed by atoms with Gasteiger partial charge >= 0.3 is 6.61 Å². The lowest BCUT2D eigenvalue weighted by Crippen LogP contribution is -2.10. The monoisotopic (exact) mass is 291 g/mol. The molecule has 0 bridgehead atoms. The molecular weight excluding hydrogens is 280 g/mol. The van der Waals surface area contributed by atoms with Crippen LogP contribution in [0.2, 0.25) is 0 Å². The summed E-state index contributed by atoms with van der Waals surface area (Å²) in [4.78, 5) is 0.985. The molecule has 2 aromatic rings. The van der Waals surface area contributed by atoms with E-state index < -0.39 is 6.61 Å². The molecule has 0 saturated heterocycles. The molecule has 2 nitrogen and oxygen atoms in total. The van der Waals surface area contributed by atoms with Crippen molar-refractivity contribution < 1.29 is 13.5 Å². The van der Waals surface area contributed by atoms with E-state index in [1.165, 1.54) is 23.5 Å². The predicted octanol–water partition coefficient (Wildman–Crippen LogP) is 3.82. The summed E-state index contributed by atoms with van der Waals surface area (Å²) < 4.78 is 28.5. The molecule has 6 heteroatoms. The third-order valence-corrected chi connectivity index (χ3v) is 3.25. The van der Waals surface area contributed by atoms with Gasteiger partial charge in [-0.3, -0.25) is 0 Å².